The summed E-state index contributed by atoms with van der Waals surface area (Å²) in [6.45, 7) is 2.65. The predicted molar refractivity (Wildman–Crippen MR) is 52.8 cm³/mol. The number of nitrogens with zero attached hydrogens (tertiary/aromatic N) is 2. The molecular weight excluding hydrogens is 178 g/mol. The second-order valence-corrected chi connectivity index (χ2v) is 2.97. The molecule has 2 heterocycles. The highest BCUT2D eigenvalue weighted by molar-refractivity contribution is 5.31. The Bertz CT molecular complexity index is 397. The van der Waals surface area contributed by atoms with Crippen molar-refractivity contribution in [2.24, 2.45) is 0 Å². The highest BCUT2D eigenvalue weighted by atomic mass is 16.3. The number of aromatic nitrogens is 2. The van der Waals surface area contributed by atoms with Crippen LogP contribution in [-0.4, -0.2) is 9.97 Å². The first-order valence-corrected chi connectivity index (χ1v) is 4.39. The smallest absolute Gasteiger partial charge is 0.144 e. The number of aryl methyl sites for hydroxylation is 1. The zero-order valence-corrected chi connectivity index (χ0v) is 7.90. The van der Waals surface area contributed by atoms with Gasteiger partial charge >= 0.3 is 0 Å². The molecule has 0 aliphatic rings. The minimum atomic E-state index is 0.636. The second kappa shape index (κ2) is 3.91. The summed E-state index contributed by atoms with van der Waals surface area (Å²) in [5.41, 5.74) is 1.14. The summed E-state index contributed by atoms with van der Waals surface area (Å²) in [5, 5.41) is 3.12. The van der Waals surface area contributed by atoms with Gasteiger partial charge in [0.05, 0.1) is 19.0 Å². The van der Waals surface area contributed by atoms with E-state index in [-0.39, 0.29) is 0 Å². The zero-order chi connectivity index (χ0) is 9.80. The van der Waals surface area contributed by atoms with E-state index in [4.69, 9.17) is 4.42 Å². The molecule has 0 radical (unpaired) electrons. The third-order valence-corrected chi connectivity index (χ3v) is 1.96. The molecule has 0 amide bonds. The van der Waals surface area contributed by atoms with Gasteiger partial charge in [-0.3, -0.25) is 4.98 Å². The molecule has 0 bridgehead atoms. The molecule has 0 aliphatic carbocycles. The van der Waals surface area contributed by atoms with E-state index in [2.05, 4.69) is 15.3 Å². The Morgan fingerprint density at radius 2 is 2.36 bits per heavy atom. The lowest BCUT2D eigenvalue weighted by molar-refractivity contribution is 0.515. The van der Waals surface area contributed by atoms with Crippen molar-refractivity contribution in [2.75, 3.05) is 5.32 Å². The van der Waals surface area contributed by atoms with Crippen LogP contribution in [0.25, 0.3) is 0 Å². The molecule has 0 aromatic carbocycles. The molecule has 0 spiro atoms. The molecule has 0 atom stereocenters. The van der Waals surface area contributed by atoms with Crippen molar-refractivity contribution >= 4 is 5.82 Å². The molecule has 0 saturated carbocycles. The molecule has 0 saturated heterocycles. The van der Waals surface area contributed by atoms with Crippen LogP contribution < -0.4 is 5.32 Å². The molecule has 4 heteroatoms. The van der Waals surface area contributed by atoms with E-state index in [0.717, 1.165) is 17.1 Å². The number of furan rings is 1. The van der Waals surface area contributed by atoms with E-state index in [9.17, 15) is 0 Å². The number of hydrogen-bond donors (Lipinski definition) is 1. The van der Waals surface area contributed by atoms with Crippen LogP contribution in [0.1, 0.15) is 11.3 Å². The summed E-state index contributed by atoms with van der Waals surface area (Å²) in [4.78, 5) is 8.04. The maximum Gasteiger partial charge on any atom is 0.144 e. The van der Waals surface area contributed by atoms with Gasteiger partial charge in [-0.2, -0.15) is 0 Å². The molecular formula is C10H11N3O. The van der Waals surface area contributed by atoms with Crippen molar-refractivity contribution < 1.29 is 4.42 Å². The first-order chi connectivity index (χ1) is 6.86. The molecule has 4 nitrogen and oxygen atoms in total. The molecule has 14 heavy (non-hydrogen) atoms. The molecule has 2 aromatic rings. The summed E-state index contributed by atoms with van der Waals surface area (Å²) in [6, 6.07) is 1.94. The first kappa shape index (κ1) is 8.74. The summed E-state index contributed by atoms with van der Waals surface area (Å²) in [5.74, 6) is 1.68. The monoisotopic (exact) mass is 189 g/mol. The fourth-order valence-electron chi connectivity index (χ4n) is 1.15. The van der Waals surface area contributed by atoms with Crippen LogP contribution in [0.2, 0.25) is 0 Å². The van der Waals surface area contributed by atoms with Gasteiger partial charge in [-0.15, -0.1) is 0 Å². The Morgan fingerprint density at radius 1 is 1.43 bits per heavy atom. The average molecular weight is 189 g/mol. The maximum atomic E-state index is 5.28. The molecule has 2 rings (SSSR count). The second-order valence-electron chi connectivity index (χ2n) is 2.97. The Kier molecular flexibility index (Phi) is 2.44. The normalized spacial score (nSPS) is 10.1. The molecule has 0 fully saturated rings. The van der Waals surface area contributed by atoms with E-state index in [1.165, 1.54) is 0 Å². The number of nitrogens with one attached hydrogen (secondary N) is 1. The van der Waals surface area contributed by atoms with Crippen molar-refractivity contribution in [2.45, 2.75) is 13.5 Å². The molecule has 1 N–H and O–H groups in total. The van der Waals surface area contributed by atoms with Crippen LogP contribution in [-0.2, 0) is 6.54 Å². The zero-order valence-electron chi connectivity index (χ0n) is 7.90. The van der Waals surface area contributed by atoms with E-state index in [0.29, 0.717) is 6.54 Å². The summed E-state index contributed by atoms with van der Waals surface area (Å²) < 4.78 is 5.28. The van der Waals surface area contributed by atoms with E-state index >= 15 is 0 Å². The van der Waals surface area contributed by atoms with Crippen molar-refractivity contribution in [3.8, 4) is 0 Å². The first-order valence-electron chi connectivity index (χ1n) is 4.39. The van der Waals surface area contributed by atoms with Crippen LogP contribution in [0.4, 0.5) is 5.82 Å². The highest BCUT2D eigenvalue weighted by Crippen LogP contribution is 2.10. The lowest BCUT2D eigenvalue weighted by atomic mass is 10.3. The molecule has 2 aromatic heterocycles. The third-order valence-electron chi connectivity index (χ3n) is 1.96. The van der Waals surface area contributed by atoms with Gasteiger partial charge in [-0.05, 0) is 18.6 Å². The maximum absolute atomic E-state index is 5.28. The van der Waals surface area contributed by atoms with Crippen molar-refractivity contribution in [3.63, 3.8) is 0 Å². The minimum Gasteiger partial charge on any atom is -0.467 e. The average Bonchev–Trinajstić information content (AvgIpc) is 2.63. The van der Waals surface area contributed by atoms with E-state index < -0.39 is 0 Å². The van der Waals surface area contributed by atoms with Crippen LogP contribution in [0, 0.1) is 6.92 Å². The van der Waals surface area contributed by atoms with E-state index in [1.807, 2.05) is 13.0 Å². The standard InChI is InChI=1S/C10H11N3O/c1-8-2-5-14-9(8)6-13-10-7-11-3-4-12-10/h2-5,7H,6H2,1H3,(H,12,13). The van der Waals surface area contributed by atoms with Gasteiger partial charge in [0, 0.05) is 12.4 Å². The minimum absolute atomic E-state index is 0.636. The molecule has 0 unspecified atom stereocenters. The predicted octanol–water partition coefficient (Wildman–Crippen LogP) is 1.99. The van der Waals surface area contributed by atoms with Crippen LogP contribution in [0.3, 0.4) is 0 Å². The van der Waals surface area contributed by atoms with Gasteiger partial charge in [0.25, 0.3) is 0 Å². The van der Waals surface area contributed by atoms with Gasteiger partial charge in [-0.25, -0.2) is 4.98 Å². The quantitative estimate of drug-likeness (QED) is 0.802. The van der Waals surface area contributed by atoms with Gasteiger partial charge in [0.15, 0.2) is 0 Å². The Labute approximate surface area is 82.0 Å². The van der Waals surface area contributed by atoms with Crippen molar-refractivity contribution in [3.05, 3.63) is 42.2 Å². The highest BCUT2D eigenvalue weighted by Gasteiger charge is 2.01. The lowest BCUT2D eigenvalue weighted by Gasteiger charge is -2.02. The van der Waals surface area contributed by atoms with Crippen LogP contribution in [0.15, 0.2) is 35.3 Å². The Morgan fingerprint density at radius 3 is 3.00 bits per heavy atom. The van der Waals surface area contributed by atoms with Gasteiger partial charge in [0.1, 0.15) is 11.6 Å². The van der Waals surface area contributed by atoms with Crippen molar-refractivity contribution in [1.29, 1.82) is 0 Å². The van der Waals surface area contributed by atoms with E-state index in [1.54, 1.807) is 24.9 Å². The fraction of sp³-hybridized carbons (Fsp3) is 0.200. The SMILES string of the molecule is Cc1ccoc1CNc1cnccn1. The van der Waals surface area contributed by atoms with Gasteiger partial charge < -0.3 is 9.73 Å². The topological polar surface area (TPSA) is 51.0 Å². The fourth-order valence-corrected chi connectivity index (χ4v) is 1.15. The lowest BCUT2D eigenvalue weighted by Crippen LogP contribution is -2.01. The third kappa shape index (κ3) is 1.90. The number of anilines is 1. The van der Waals surface area contributed by atoms with Gasteiger partial charge in [0.2, 0.25) is 0 Å². The van der Waals surface area contributed by atoms with Crippen molar-refractivity contribution in [1.82, 2.24) is 9.97 Å². The van der Waals surface area contributed by atoms with Gasteiger partial charge in [-0.1, -0.05) is 0 Å². The van der Waals surface area contributed by atoms with Crippen LogP contribution >= 0.6 is 0 Å². The number of hydrogen-bond acceptors (Lipinski definition) is 4. The Hall–Kier alpha value is -1.84. The summed E-state index contributed by atoms with van der Waals surface area (Å²) in [7, 11) is 0. The molecule has 0 aliphatic heterocycles. The Balaban J connectivity index is 1.99. The summed E-state index contributed by atoms with van der Waals surface area (Å²) in [6.07, 6.45) is 6.65. The summed E-state index contributed by atoms with van der Waals surface area (Å²) >= 11 is 0. The molecule has 72 valence electrons. The largest absolute Gasteiger partial charge is 0.467 e. The van der Waals surface area contributed by atoms with Crippen LogP contribution in [0.5, 0.6) is 0 Å². The number of rotatable bonds is 3.